The van der Waals surface area contributed by atoms with Crippen molar-refractivity contribution in [3.63, 3.8) is 0 Å². The number of pyridine rings is 1. The normalized spacial score (nSPS) is 13.7. The first-order chi connectivity index (χ1) is 15.6. The monoisotopic (exact) mass is 434 g/mol. The van der Waals surface area contributed by atoms with Gasteiger partial charge in [0.2, 0.25) is 0 Å². The number of carboxylic acid groups (broad SMARTS) is 1. The highest BCUT2D eigenvalue weighted by Gasteiger charge is 2.17. The molecule has 1 aliphatic rings. The van der Waals surface area contributed by atoms with Crippen molar-refractivity contribution in [1.82, 2.24) is 4.98 Å². The predicted molar refractivity (Wildman–Crippen MR) is 122 cm³/mol. The van der Waals surface area contributed by atoms with Gasteiger partial charge in [0, 0.05) is 18.7 Å². The zero-order valence-electron chi connectivity index (χ0n) is 17.9. The lowest BCUT2D eigenvalue weighted by molar-refractivity contribution is -0.137. The van der Waals surface area contributed by atoms with E-state index in [9.17, 15) is 14.3 Å². The molecule has 5 nitrogen and oxygen atoms in total. The van der Waals surface area contributed by atoms with E-state index < -0.39 is 5.97 Å². The number of aliphatic carboxylic acids is 1. The van der Waals surface area contributed by atoms with E-state index in [1.54, 1.807) is 12.1 Å². The summed E-state index contributed by atoms with van der Waals surface area (Å²) in [6, 6.07) is 18.0. The van der Waals surface area contributed by atoms with E-state index in [1.807, 2.05) is 24.3 Å². The molecule has 2 aromatic carbocycles. The molecule has 0 saturated carbocycles. The van der Waals surface area contributed by atoms with E-state index in [1.165, 1.54) is 17.7 Å². The lowest BCUT2D eigenvalue weighted by Gasteiger charge is -2.17. The van der Waals surface area contributed by atoms with Gasteiger partial charge in [-0.2, -0.15) is 0 Å². The number of nitrogens with one attached hydrogen (secondary N) is 1. The second-order valence-corrected chi connectivity index (χ2v) is 8.14. The van der Waals surface area contributed by atoms with Crippen molar-refractivity contribution in [2.45, 2.75) is 38.0 Å². The van der Waals surface area contributed by atoms with Crippen molar-refractivity contribution < 1.29 is 19.0 Å². The Morgan fingerprint density at radius 3 is 2.78 bits per heavy atom. The fourth-order valence-electron chi connectivity index (χ4n) is 4.07. The van der Waals surface area contributed by atoms with Crippen molar-refractivity contribution in [1.29, 1.82) is 0 Å². The first-order valence-electron chi connectivity index (χ1n) is 11.0. The number of nitrogens with zero attached hydrogens (tertiary/aromatic N) is 1. The molecule has 0 unspecified atom stereocenters. The number of carbonyl (C=O) groups is 1. The minimum Gasteiger partial charge on any atom is -0.493 e. The average Bonchev–Trinajstić information content (AvgIpc) is 2.79. The molecule has 2 N–H and O–H groups in total. The second kappa shape index (κ2) is 10.3. The first-order valence-corrected chi connectivity index (χ1v) is 11.0. The number of aryl methyl sites for hydroxylation is 1. The third-order valence-corrected chi connectivity index (χ3v) is 5.73. The van der Waals surface area contributed by atoms with Gasteiger partial charge in [-0.25, -0.2) is 9.37 Å². The molecule has 6 heteroatoms. The highest BCUT2D eigenvalue weighted by molar-refractivity contribution is 5.68. The van der Waals surface area contributed by atoms with Crippen LogP contribution >= 0.6 is 0 Å². The largest absolute Gasteiger partial charge is 0.493 e. The molecule has 0 fully saturated rings. The molecule has 0 saturated heterocycles. The number of ether oxygens (including phenoxy) is 1. The molecule has 1 aliphatic heterocycles. The number of aromatic nitrogens is 1. The van der Waals surface area contributed by atoms with Crippen LogP contribution in [0, 0.1) is 5.82 Å². The molecule has 3 aromatic rings. The Morgan fingerprint density at radius 2 is 2.00 bits per heavy atom. The van der Waals surface area contributed by atoms with Crippen LogP contribution in [0.1, 0.15) is 41.1 Å². The highest BCUT2D eigenvalue weighted by Crippen LogP contribution is 2.26. The summed E-state index contributed by atoms with van der Waals surface area (Å²) in [4.78, 5) is 16.0. The van der Waals surface area contributed by atoms with Crippen LogP contribution in [-0.2, 0) is 24.1 Å². The number of benzene rings is 2. The summed E-state index contributed by atoms with van der Waals surface area (Å²) < 4.78 is 19.5. The van der Waals surface area contributed by atoms with Gasteiger partial charge in [0.25, 0.3) is 0 Å². The summed E-state index contributed by atoms with van der Waals surface area (Å²) in [5.74, 6) is 0.201. The van der Waals surface area contributed by atoms with Crippen molar-refractivity contribution in [2.75, 3.05) is 18.5 Å². The fraction of sp³-hybridized carbons (Fsp3) is 0.308. The number of hydrogen-bond donors (Lipinski definition) is 2. The number of rotatable bonds is 9. The molecule has 0 amide bonds. The third kappa shape index (κ3) is 5.84. The Morgan fingerprint density at radius 1 is 1.16 bits per heavy atom. The Balaban J connectivity index is 1.33. The average molecular weight is 435 g/mol. The summed E-state index contributed by atoms with van der Waals surface area (Å²) in [5.41, 5.74) is 3.95. The predicted octanol–water partition coefficient (Wildman–Crippen LogP) is 5.00. The van der Waals surface area contributed by atoms with Crippen molar-refractivity contribution >= 4 is 11.8 Å². The van der Waals surface area contributed by atoms with E-state index in [4.69, 9.17) is 4.74 Å². The molecule has 0 bridgehead atoms. The lowest BCUT2D eigenvalue weighted by Crippen LogP contribution is -2.14. The maximum atomic E-state index is 13.6. The quantitative estimate of drug-likeness (QED) is 0.496. The summed E-state index contributed by atoms with van der Waals surface area (Å²) >= 11 is 0. The maximum Gasteiger partial charge on any atom is 0.303 e. The number of carboxylic acids is 1. The lowest BCUT2D eigenvalue weighted by atomic mass is 9.89. The first kappa shape index (κ1) is 21.8. The van der Waals surface area contributed by atoms with E-state index in [0.717, 1.165) is 48.6 Å². The fourth-order valence-corrected chi connectivity index (χ4v) is 4.07. The smallest absolute Gasteiger partial charge is 0.303 e. The molecular formula is C26H27FN2O3. The zero-order chi connectivity index (χ0) is 22.3. The van der Waals surface area contributed by atoms with Gasteiger partial charge in [0.15, 0.2) is 0 Å². The molecule has 32 heavy (non-hydrogen) atoms. The SMILES string of the molecule is O=C(O)C[C@H](Cc1ccc(OCCc2ccc3c(n2)NCCC3)cc1)c1cccc(F)c1. The van der Waals surface area contributed by atoms with E-state index in [0.29, 0.717) is 18.6 Å². The summed E-state index contributed by atoms with van der Waals surface area (Å²) in [7, 11) is 0. The van der Waals surface area contributed by atoms with Gasteiger partial charge in [-0.05, 0) is 72.2 Å². The van der Waals surface area contributed by atoms with E-state index in [-0.39, 0.29) is 18.2 Å². The van der Waals surface area contributed by atoms with Gasteiger partial charge in [-0.15, -0.1) is 0 Å². The number of halogens is 1. The van der Waals surface area contributed by atoms with Gasteiger partial charge >= 0.3 is 5.97 Å². The standard InChI is InChI=1S/C26H27FN2O3/c27-22-5-1-3-20(16-22)21(17-25(30)31)15-18-6-10-24(11-7-18)32-14-12-23-9-8-19-4-2-13-28-26(19)29-23/h1,3,5-11,16,21H,2,4,12-15,17H2,(H,28,29)(H,30,31)/t21-/m0/s1. The summed E-state index contributed by atoms with van der Waals surface area (Å²) in [5, 5.41) is 12.6. The van der Waals surface area contributed by atoms with E-state index in [2.05, 4.69) is 22.4 Å². The molecular weight excluding hydrogens is 407 g/mol. The molecule has 1 aromatic heterocycles. The topological polar surface area (TPSA) is 71.5 Å². The zero-order valence-corrected chi connectivity index (χ0v) is 17.9. The molecule has 0 aliphatic carbocycles. The molecule has 1 atom stereocenters. The van der Waals surface area contributed by atoms with Crippen LogP contribution < -0.4 is 10.1 Å². The van der Waals surface area contributed by atoms with Crippen molar-refractivity contribution in [3.8, 4) is 5.75 Å². The molecule has 166 valence electrons. The number of hydrogen-bond acceptors (Lipinski definition) is 4. The van der Waals surface area contributed by atoms with E-state index >= 15 is 0 Å². The summed E-state index contributed by atoms with van der Waals surface area (Å²) in [6.07, 6.45) is 3.40. The highest BCUT2D eigenvalue weighted by atomic mass is 19.1. The van der Waals surface area contributed by atoms with Crippen molar-refractivity contribution in [3.05, 3.63) is 88.9 Å². The Hall–Kier alpha value is -3.41. The second-order valence-electron chi connectivity index (χ2n) is 8.14. The van der Waals surface area contributed by atoms with Crippen LogP contribution in [0.25, 0.3) is 0 Å². The van der Waals surface area contributed by atoms with Crippen LogP contribution in [0.15, 0.2) is 60.7 Å². The minimum absolute atomic E-state index is 0.0512. The summed E-state index contributed by atoms with van der Waals surface area (Å²) in [6.45, 7) is 1.49. The van der Waals surface area contributed by atoms with Gasteiger partial charge in [-0.3, -0.25) is 4.79 Å². The Kier molecular flexibility index (Phi) is 7.00. The van der Waals surface area contributed by atoms with Gasteiger partial charge in [0.05, 0.1) is 13.0 Å². The van der Waals surface area contributed by atoms with Crippen molar-refractivity contribution in [2.24, 2.45) is 0 Å². The minimum atomic E-state index is -0.898. The number of fused-ring (bicyclic) bond motifs is 1. The Bertz CT molecular complexity index is 1070. The molecule has 2 heterocycles. The van der Waals surface area contributed by atoms with Crippen LogP contribution in [0.5, 0.6) is 5.75 Å². The number of anilines is 1. The molecule has 0 radical (unpaired) electrons. The van der Waals surface area contributed by atoms with Gasteiger partial charge in [0.1, 0.15) is 17.4 Å². The van der Waals surface area contributed by atoms with Gasteiger partial charge in [-0.1, -0.05) is 30.3 Å². The maximum absolute atomic E-state index is 13.6. The van der Waals surface area contributed by atoms with Crippen LogP contribution in [0.2, 0.25) is 0 Å². The van der Waals surface area contributed by atoms with Crippen LogP contribution in [-0.4, -0.2) is 29.2 Å². The van der Waals surface area contributed by atoms with Gasteiger partial charge < -0.3 is 15.2 Å². The molecule has 4 rings (SSSR count). The Labute approximate surface area is 187 Å². The van der Waals surface area contributed by atoms with Crippen LogP contribution in [0.4, 0.5) is 10.2 Å². The third-order valence-electron chi connectivity index (χ3n) is 5.73. The molecule has 0 spiro atoms. The van der Waals surface area contributed by atoms with Crippen LogP contribution in [0.3, 0.4) is 0 Å².